The lowest BCUT2D eigenvalue weighted by Gasteiger charge is -2.12. The summed E-state index contributed by atoms with van der Waals surface area (Å²) >= 11 is 8.59. The van der Waals surface area contributed by atoms with Crippen LogP contribution in [0, 0.1) is 0 Å². The van der Waals surface area contributed by atoms with Crippen LogP contribution >= 0.6 is 27.5 Å². The van der Waals surface area contributed by atoms with Crippen molar-refractivity contribution in [2.75, 3.05) is 5.73 Å². The lowest BCUT2D eigenvalue weighted by atomic mass is 10.1. The van der Waals surface area contributed by atoms with Gasteiger partial charge in [0, 0.05) is 5.33 Å². The molecule has 0 aliphatic rings. The van der Waals surface area contributed by atoms with Gasteiger partial charge in [-0.15, -0.1) is 0 Å². The predicted molar refractivity (Wildman–Crippen MR) is 53.5 cm³/mol. The zero-order valence-corrected chi connectivity index (χ0v) is 9.17. The smallest absolute Gasteiger partial charge is 0.397 e. The molecule has 0 radical (unpaired) electrons. The lowest BCUT2D eigenvalue weighted by molar-refractivity contribution is -0.137. The number of alkyl halides is 4. The fraction of sp³-hybridized carbons (Fsp3) is 0.250. The van der Waals surface area contributed by atoms with Crippen LogP contribution in [0.3, 0.4) is 0 Å². The highest BCUT2D eigenvalue weighted by atomic mass is 79.9. The Balaban J connectivity index is 3.31. The first-order chi connectivity index (χ1) is 6.38. The van der Waals surface area contributed by atoms with Crippen LogP contribution in [-0.4, -0.2) is 0 Å². The second kappa shape index (κ2) is 3.98. The van der Waals surface area contributed by atoms with E-state index >= 15 is 0 Å². The van der Waals surface area contributed by atoms with Crippen LogP contribution in [0.5, 0.6) is 0 Å². The summed E-state index contributed by atoms with van der Waals surface area (Å²) < 4.78 is 36.9. The Morgan fingerprint density at radius 2 is 1.93 bits per heavy atom. The minimum Gasteiger partial charge on any atom is -0.397 e. The third kappa shape index (κ3) is 2.15. The Morgan fingerprint density at radius 1 is 1.36 bits per heavy atom. The van der Waals surface area contributed by atoms with Gasteiger partial charge < -0.3 is 5.73 Å². The Bertz CT molecular complexity index is 351. The van der Waals surface area contributed by atoms with Crippen LogP contribution in [0.4, 0.5) is 18.9 Å². The van der Waals surface area contributed by atoms with Gasteiger partial charge in [-0.2, -0.15) is 13.2 Å². The number of benzene rings is 1. The normalized spacial score (nSPS) is 11.8. The maximum atomic E-state index is 12.3. The molecule has 0 bridgehead atoms. The molecular weight excluding hydrogens is 282 g/mol. The van der Waals surface area contributed by atoms with Crippen LogP contribution in [0.15, 0.2) is 12.1 Å². The number of halogens is 5. The molecule has 0 unspecified atom stereocenters. The van der Waals surface area contributed by atoms with E-state index in [0.29, 0.717) is 10.9 Å². The number of rotatable bonds is 1. The van der Waals surface area contributed by atoms with Gasteiger partial charge in [-0.1, -0.05) is 33.6 Å². The van der Waals surface area contributed by atoms with E-state index in [0.717, 1.165) is 6.07 Å². The van der Waals surface area contributed by atoms with Gasteiger partial charge in [-0.25, -0.2) is 0 Å². The standard InChI is InChI=1S/C8H6BrClF3N/c9-3-4-1-2-5(8(11,12)13)6(10)7(4)14/h1-2H,3,14H2. The van der Waals surface area contributed by atoms with Gasteiger partial charge in [0.2, 0.25) is 0 Å². The summed E-state index contributed by atoms with van der Waals surface area (Å²) in [5.74, 6) is 0. The number of anilines is 1. The molecule has 0 aliphatic heterocycles. The molecule has 0 saturated carbocycles. The van der Waals surface area contributed by atoms with Crippen molar-refractivity contribution in [3.05, 3.63) is 28.3 Å². The van der Waals surface area contributed by atoms with Crippen LogP contribution in [0.25, 0.3) is 0 Å². The maximum absolute atomic E-state index is 12.3. The van der Waals surface area contributed by atoms with E-state index in [1.54, 1.807) is 0 Å². The molecule has 0 spiro atoms. The van der Waals surface area contributed by atoms with Gasteiger partial charge in [0.05, 0.1) is 16.3 Å². The molecule has 78 valence electrons. The first kappa shape index (κ1) is 11.7. The molecule has 1 nitrogen and oxygen atoms in total. The van der Waals surface area contributed by atoms with Gasteiger partial charge in [-0.3, -0.25) is 0 Å². The third-order valence-corrected chi connectivity index (χ3v) is 2.73. The zero-order chi connectivity index (χ0) is 10.9. The Hall–Kier alpha value is -0.420. The molecule has 2 N–H and O–H groups in total. The number of nitrogens with two attached hydrogens (primary N) is 1. The SMILES string of the molecule is Nc1c(CBr)ccc(C(F)(F)F)c1Cl. The van der Waals surface area contributed by atoms with Crippen molar-refractivity contribution in [1.82, 2.24) is 0 Å². The molecule has 0 atom stereocenters. The molecule has 0 aliphatic carbocycles. The van der Waals surface area contributed by atoms with Gasteiger partial charge in [0.25, 0.3) is 0 Å². The first-order valence-electron chi connectivity index (χ1n) is 3.58. The number of hydrogen-bond donors (Lipinski definition) is 1. The predicted octanol–water partition coefficient (Wildman–Crippen LogP) is 3.84. The van der Waals surface area contributed by atoms with Crippen molar-refractivity contribution in [3.8, 4) is 0 Å². The molecule has 1 aromatic carbocycles. The minimum atomic E-state index is -4.46. The van der Waals surface area contributed by atoms with Crippen LogP contribution in [-0.2, 0) is 11.5 Å². The van der Waals surface area contributed by atoms with Crippen molar-refractivity contribution in [2.24, 2.45) is 0 Å². The molecule has 0 aromatic heterocycles. The fourth-order valence-electron chi connectivity index (χ4n) is 0.968. The number of hydrogen-bond acceptors (Lipinski definition) is 1. The van der Waals surface area contributed by atoms with Crippen molar-refractivity contribution in [3.63, 3.8) is 0 Å². The highest BCUT2D eigenvalue weighted by Gasteiger charge is 2.34. The molecule has 1 rings (SSSR count). The number of nitrogen functional groups attached to an aromatic ring is 1. The molecule has 1 aromatic rings. The highest BCUT2D eigenvalue weighted by Crippen LogP contribution is 2.38. The van der Waals surface area contributed by atoms with Gasteiger partial charge in [0.1, 0.15) is 0 Å². The summed E-state index contributed by atoms with van der Waals surface area (Å²) in [5.41, 5.74) is 5.04. The van der Waals surface area contributed by atoms with Gasteiger partial charge >= 0.3 is 6.18 Å². The molecule has 0 amide bonds. The fourth-order valence-corrected chi connectivity index (χ4v) is 1.75. The van der Waals surface area contributed by atoms with Crippen molar-refractivity contribution < 1.29 is 13.2 Å². The third-order valence-electron chi connectivity index (χ3n) is 1.72. The van der Waals surface area contributed by atoms with Crippen LogP contribution < -0.4 is 5.73 Å². The molecule has 0 heterocycles. The van der Waals surface area contributed by atoms with Crippen molar-refractivity contribution >= 4 is 33.2 Å². The summed E-state index contributed by atoms with van der Waals surface area (Å²) in [6, 6.07) is 2.23. The summed E-state index contributed by atoms with van der Waals surface area (Å²) in [6.45, 7) is 0. The van der Waals surface area contributed by atoms with Crippen LogP contribution in [0.2, 0.25) is 5.02 Å². The van der Waals surface area contributed by atoms with E-state index in [4.69, 9.17) is 17.3 Å². The Kier molecular flexibility index (Phi) is 3.32. The van der Waals surface area contributed by atoms with E-state index in [1.807, 2.05) is 0 Å². The minimum absolute atomic E-state index is 0.0293. The quantitative estimate of drug-likeness (QED) is 0.617. The van der Waals surface area contributed by atoms with Gasteiger partial charge in [-0.05, 0) is 11.6 Å². The molecular formula is C8H6BrClF3N. The summed E-state index contributed by atoms with van der Waals surface area (Å²) in [5, 5.41) is -0.0640. The molecule has 14 heavy (non-hydrogen) atoms. The van der Waals surface area contributed by atoms with E-state index in [1.165, 1.54) is 6.07 Å². The van der Waals surface area contributed by atoms with E-state index in [-0.39, 0.29) is 5.69 Å². The lowest BCUT2D eigenvalue weighted by Crippen LogP contribution is -2.08. The average molecular weight is 288 g/mol. The molecule has 6 heteroatoms. The van der Waals surface area contributed by atoms with Gasteiger partial charge in [0.15, 0.2) is 0 Å². The first-order valence-corrected chi connectivity index (χ1v) is 5.08. The monoisotopic (exact) mass is 287 g/mol. The largest absolute Gasteiger partial charge is 0.417 e. The van der Waals surface area contributed by atoms with Crippen molar-refractivity contribution in [1.29, 1.82) is 0 Å². The topological polar surface area (TPSA) is 26.0 Å². The molecule has 0 saturated heterocycles. The average Bonchev–Trinajstić information content (AvgIpc) is 2.07. The summed E-state index contributed by atoms with van der Waals surface area (Å²) in [6.07, 6.45) is -4.46. The van der Waals surface area contributed by atoms with E-state index in [2.05, 4.69) is 15.9 Å². The van der Waals surface area contributed by atoms with E-state index in [9.17, 15) is 13.2 Å². The van der Waals surface area contributed by atoms with Crippen molar-refractivity contribution in [2.45, 2.75) is 11.5 Å². The van der Waals surface area contributed by atoms with E-state index < -0.39 is 16.8 Å². The summed E-state index contributed by atoms with van der Waals surface area (Å²) in [7, 11) is 0. The second-order valence-electron chi connectivity index (χ2n) is 2.63. The highest BCUT2D eigenvalue weighted by molar-refractivity contribution is 9.08. The Morgan fingerprint density at radius 3 is 2.36 bits per heavy atom. The Labute approximate surface area is 92.2 Å². The second-order valence-corrected chi connectivity index (χ2v) is 3.57. The summed E-state index contributed by atoms with van der Waals surface area (Å²) in [4.78, 5) is 0. The molecule has 0 fully saturated rings. The van der Waals surface area contributed by atoms with Crippen LogP contribution in [0.1, 0.15) is 11.1 Å². The maximum Gasteiger partial charge on any atom is 0.417 e. The zero-order valence-electron chi connectivity index (χ0n) is 6.83.